The van der Waals surface area contributed by atoms with Crippen LogP contribution in [0.15, 0.2) is 0 Å². The quantitative estimate of drug-likeness (QED) is 0.0562. The van der Waals surface area contributed by atoms with Gasteiger partial charge in [0.05, 0.1) is 0 Å². The molecule has 250 valence electrons. The maximum absolute atomic E-state index is 12.7. The molecule has 42 heavy (non-hydrogen) atoms. The molecular weight excluding hydrogens is 516 g/mol. The number of rotatable bonds is 33. The van der Waals surface area contributed by atoms with E-state index in [1.165, 1.54) is 148 Å². The Kier molecular flexibility index (Phi) is 29.6. The fourth-order valence-electron chi connectivity index (χ4n) is 6.29. The van der Waals surface area contributed by atoms with Crippen molar-refractivity contribution in [2.75, 3.05) is 0 Å². The van der Waals surface area contributed by atoms with Gasteiger partial charge in [-0.25, -0.2) is 0 Å². The maximum Gasteiger partial charge on any atom is 0.306 e. The second-order valence-electron chi connectivity index (χ2n) is 14.4. The number of ketones is 1. The summed E-state index contributed by atoms with van der Waals surface area (Å²) in [5.41, 5.74) is 0.207. The Morgan fingerprint density at radius 2 is 0.905 bits per heavy atom. The van der Waals surface area contributed by atoms with Gasteiger partial charge in [-0.1, -0.05) is 169 Å². The molecule has 0 rings (SSSR count). The summed E-state index contributed by atoms with van der Waals surface area (Å²) in [5.74, 6) is 0.350. The summed E-state index contributed by atoms with van der Waals surface area (Å²) in [5, 5.41) is 0. The van der Waals surface area contributed by atoms with Crippen molar-refractivity contribution in [3.05, 3.63) is 0 Å². The van der Waals surface area contributed by atoms with Crippen molar-refractivity contribution < 1.29 is 14.3 Å². The first-order valence-electron chi connectivity index (χ1n) is 19.0. The summed E-state index contributed by atoms with van der Waals surface area (Å²) in [6.45, 7) is 11.0. The van der Waals surface area contributed by atoms with E-state index < -0.39 is 0 Å². The normalized spacial score (nSPS) is 12.5. The summed E-state index contributed by atoms with van der Waals surface area (Å²) in [7, 11) is 0. The van der Waals surface area contributed by atoms with Crippen LogP contribution in [0.5, 0.6) is 0 Å². The van der Waals surface area contributed by atoms with Gasteiger partial charge >= 0.3 is 5.97 Å². The molecule has 0 saturated carbocycles. The molecule has 0 amide bonds. The van der Waals surface area contributed by atoms with Gasteiger partial charge in [-0.05, 0) is 50.9 Å². The van der Waals surface area contributed by atoms with Crippen molar-refractivity contribution in [2.45, 2.75) is 233 Å². The van der Waals surface area contributed by atoms with E-state index in [-0.39, 0.29) is 17.5 Å². The van der Waals surface area contributed by atoms with E-state index in [1.807, 2.05) is 0 Å². The Morgan fingerprint density at radius 1 is 0.524 bits per heavy atom. The minimum absolute atomic E-state index is 0.0338. The highest BCUT2D eigenvalue weighted by Crippen LogP contribution is 2.32. The molecule has 3 heteroatoms. The van der Waals surface area contributed by atoms with E-state index in [9.17, 15) is 9.59 Å². The molecular formula is C39H76O3. The number of carbonyl (C=O) groups is 2. The smallest absolute Gasteiger partial charge is 0.306 e. The third-order valence-corrected chi connectivity index (χ3v) is 9.07. The van der Waals surface area contributed by atoms with Gasteiger partial charge < -0.3 is 9.53 Å². The highest BCUT2D eigenvalue weighted by molar-refractivity contribution is 5.75. The van der Waals surface area contributed by atoms with Crippen LogP contribution in [0.4, 0.5) is 0 Å². The first kappa shape index (κ1) is 41.1. The predicted molar refractivity (Wildman–Crippen MR) is 184 cm³/mol. The average Bonchev–Trinajstić information content (AvgIpc) is 2.94. The molecule has 0 aromatic heterocycles. The van der Waals surface area contributed by atoms with Crippen LogP contribution in [-0.2, 0) is 14.3 Å². The zero-order valence-electron chi connectivity index (χ0n) is 29.5. The standard InChI is InChI=1S/C39H76O3/c1-6-8-10-12-13-14-15-16-17-18-19-20-21-25-29-33-38(41)42-37(32-28-11-9-7-2)35-39(4,5)34-30-26-23-22-24-27-31-36(3)40/h37H,6-35H2,1-5H3. The number of esters is 1. The van der Waals surface area contributed by atoms with E-state index in [0.717, 1.165) is 38.5 Å². The monoisotopic (exact) mass is 593 g/mol. The van der Waals surface area contributed by atoms with Gasteiger partial charge in [0.25, 0.3) is 0 Å². The molecule has 0 aromatic carbocycles. The van der Waals surface area contributed by atoms with Gasteiger partial charge in [-0.3, -0.25) is 4.79 Å². The summed E-state index contributed by atoms with van der Waals surface area (Å²) in [4.78, 5) is 23.8. The van der Waals surface area contributed by atoms with Crippen LogP contribution in [0.3, 0.4) is 0 Å². The summed E-state index contributed by atoms with van der Waals surface area (Å²) < 4.78 is 6.11. The molecule has 0 radical (unpaired) electrons. The van der Waals surface area contributed by atoms with Crippen LogP contribution in [0.25, 0.3) is 0 Å². The lowest BCUT2D eigenvalue weighted by molar-refractivity contribution is -0.151. The van der Waals surface area contributed by atoms with Crippen LogP contribution in [0.1, 0.15) is 227 Å². The second kappa shape index (κ2) is 30.2. The molecule has 3 nitrogen and oxygen atoms in total. The van der Waals surface area contributed by atoms with E-state index in [0.29, 0.717) is 12.2 Å². The average molecular weight is 593 g/mol. The van der Waals surface area contributed by atoms with E-state index in [1.54, 1.807) is 6.92 Å². The van der Waals surface area contributed by atoms with Crippen LogP contribution in [0, 0.1) is 5.41 Å². The van der Waals surface area contributed by atoms with Crippen molar-refractivity contribution in [1.29, 1.82) is 0 Å². The molecule has 0 heterocycles. The molecule has 1 unspecified atom stereocenters. The van der Waals surface area contributed by atoms with Crippen molar-refractivity contribution in [2.24, 2.45) is 5.41 Å². The number of carbonyl (C=O) groups excluding carboxylic acids is 2. The van der Waals surface area contributed by atoms with Gasteiger partial charge in [-0.2, -0.15) is 0 Å². The summed E-state index contributed by atoms with van der Waals surface area (Å²) >= 11 is 0. The fourth-order valence-corrected chi connectivity index (χ4v) is 6.29. The van der Waals surface area contributed by atoms with E-state index in [2.05, 4.69) is 27.7 Å². The van der Waals surface area contributed by atoms with Crippen LogP contribution >= 0.6 is 0 Å². The van der Waals surface area contributed by atoms with E-state index in [4.69, 9.17) is 4.74 Å². The van der Waals surface area contributed by atoms with Gasteiger partial charge in [0.1, 0.15) is 11.9 Å². The van der Waals surface area contributed by atoms with Gasteiger partial charge in [0, 0.05) is 12.8 Å². The third-order valence-electron chi connectivity index (χ3n) is 9.07. The maximum atomic E-state index is 12.7. The minimum Gasteiger partial charge on any atom is -0.462 e. The number of hydrogen-bond donors (Lipinski definition) is 0. The lowest BCUT2D eigenvalue weighted by atomic mass is 9.80. The lowest BCUT2D eigenvalue weighted by Crippen LogP contribution is -2.26. The first-order chi connectivity index (χ1) is 20.3. The zero-order chi connectivity index (χ0) is 31.2. The van der Waals surface area contributed by atoms with Gasteiger partial charge in [0.15, 0.2) is 0 Å². The molecule has 0 aliphatic heterocycles. The fraction of sp³-hybridized carbons (Fsp3) is 0.949. The molecule has 0 N–H and O–H groups in total. The number of Topliss-reactive ketones (excluding diaryl/α,β-unsaturated/α-hetero) is 1. The number of ether oxygens (including phenoxy) is 1. The Balaban J connectivity index is 4.05. The Labute approximate surface area is 264 Å². The van der Waals surface area contributed by atoms with Crippen molar-refractivity contribution in [1.82, 2.24) is 0 Å². The summed E-state index contributed by atoms with van der Waals surface area (Å²) in [6, 6.07) is 0. The molecule has 0 saturated heterocycles. The largest absolute Gasteiger partial charge is 0.462 e. The van der Waals surface area contributed by atoms with Crippen LogP contribution in [0.2, 0.25) is 0 Å². The molecule has 0 aliphatic carbocycles. The third kappa shape index (κ3) is 30.6. The Morgan fingerprint density at radius 3 is 1.36 bits per heavy atom. The molecule has 0 aliphatic rings. The molecule has 0 spiro atoms. The lowest BCUT2D eigenvalue weighted by Gasteiger charge is -2.30. The predicted octanol–water partition coefficient (Wildman–Crippen LogP) is 13.3. The molecule has 0 aromatic rings. The zero-order valence-corrected chi connectivity index (χ0v) is 29.5. The van der Waals surface area contributed by atoms with Gasteiger partial charge in [0.2, 0.25) is 0 Å². The highest BCUT2D eigenvalue weighted by atomic mass is 16.5. The van der Waals surface area contributed by atoms with E-state index >= 15 is 0 Å². The van der Waals surface area contributed by atoms with Gasteiger partial charge in [-0.15, -0.1) is 0 Å². The summed E-state index contributed by atoms with van der Waals surface area (Å²) in [6.07, 6.45) is 37.0. The molecule has 0 bridgehead atoms. The first-order valence-corrected chi connectivity index (χ1v) is 19.0. The van der Waals surface area contributed by atoms with Crippen molar-refractivity contribution in [3.8, 4) is 0 Å². The number of hydrogen-bond acceptors (Lipinski definition) is 3. The van der Waals surface area contributed by atoms with Crippen LogP contribution < -0.4 is 0 Å². The topological polar surface area (TPSA) is 43.4 Å². The minimum atomic E-state index is 0.0338. The highest BCUT2D eigenvalue weighted by Gasteiger charge is 2.25. The van der Waals surface area contributed by atoms with Crippen molar-refractivity contribution >= 4 is 11.8 Å². The van der Waals surface area contributed by atoms with Crippen molar-refractivity contribution in [3.63, 3.8) is 0 Å². The Bertz CT molecular complexity index is 596. The second-order valence-corrected chi connectivity index (χ2v) is 14.4. The Hall–Kier alpha value is -0.860. The number of unbranched alkanes of at least 4 members (excludes halogenated alkanes) is 22. The molecule has 0 fully saturated rings. The molecule has 1 atom stereocenters. The SMILES string of the molecule is CCCCCCCCCCCCCCCCCC(=O)OC(CCCCCC)CC(C)(C)CCCCCCCCC(C)=O. The van der Waals surface area contributed by atoms with Crippen LogP contribution in [-0.4, -0.2) is 17.9 Å².